The number of hydrogen-bond donors (Lipinski definition) is 1. The van der Waals surface area contributed by atoms with Crippen molar-refractivity contribution in [3.8, 4) is 11.6 Å². The van der Waals surface area contributed by atoms with E-state index in [0.29, 0.717) is 5.88 Å². The van der Waals surface area contributed by atoms with Crippen molar-refractivity contribution in [3.05, 3.63) is 47.7 Å². The molecule has 0 amide bonds. The summed E-state index contributed by atoms with van der Waals surface area (Å²) in [7, 11) is 4.01. The smallest absolute Gasteiger partial charge is 0.222 e. The average molecular weight is 285 g/mol. The van der Waals surface area contributed by atoms with E-state index in [1.54, 1.807) is 0 Å². The Bertz CT molecular complexity index is 609. The van der Waals surface area contributed by atoms with Gasteiger partial charge in [-0.25, -0.2) is 4.98 Å². The summed E-state index contributed by atoms with van der Waals surface area (Å²) < 4.78 is 5.89. The summed E-state index contributed by atoms with van der Waals surface area (Å²) >= 11 is 0. The zero-order valence-electron chi connectivity index (χ0n) is 13.1. The molecule has 4 heteroatoms. The van der Waals surface area contributed by atoms with Gasteiger partial charge >= 0.3 is 0 Å². The quantitative estimate of drug-likeness (QED) is 0.917. The molecule has 1 unspecified atom stereocenters. The first kappa shape index (κ1) is 15.3. The number of rotatable bonds is 5. The third-order valence-corrected chi connectivity index (χ3v) is 3.19. The van der Waals surface area contributed by atoms with E-state index in [9.17, 15) is 0 Å². The second-order valence-electron chi connectivity index (χ2n) is 5.64. The van der Waals surface area contributed by atoms with Gasteiger partial charge in [0.2, 0.25) is 5.88 Å². The third-order valence-electron chi connectivity index (χ3n) is 3.19. The van der Waals surface area contributed by atoms with Crippen molar-refractivity contribution >= 4 is 5.69 Å². The highest BCUT2D eigenvalue weighted by atomic mass is 16.5. The summed E-state index contributed by atoms with van der Waals surface area (Å²) in [4.78, 5) is 6.45. The van der Waals surface area contributed by atoms with E-state index in [2.05, 4.69) is 11.1 Å². The molecule has 2 aromatic rings. The highest BCUT2D eigenvalue weighted by Gasteiger charge is 2.07. The molecule has 2 rings (SSSR count). The van der Waals surface area contributed by atoms with Gasteiger partial charge in [-0.2, -0.15) is 0 Å². The highest BCUT2D eigenvalue weighted by molar-refractivity contribution is 5.50. The molecule has 1 atom stereocenters. The van der Waals surface area contributed by atoms with Gasteiger partial charge in [0.15, 0.2) is 0 Å². The van der Waals surface area contributed by atoms with Gasteiger partial charge in [0.1, 0.15) is 5.75 Å². The van der Waals surface area contributed by atoms with Crippen LogP contribution in [0.5, 0.6) is 11.6 Å². The molecule has 0 fully saturated rings. The van der Waals surface area contributed by atoms with Gasteiger partial charge in [0.25, 0.3) is 0 Å². The first-order valence-corrected chi connectivity index (χ1v) is 7.12. The van der Waals surface area contributed by atoms with Crippen LogP contribution in [0, 0.1) is 6.92 Å². The number of hydrogen-bond acceptors (Lipinski definition) is 4. The fourth-order valence-corrected chi connectivity index (χ4v) is 2.15. The van der Waals surface area contributed by atoms with Crippen LogP contribution in [0.15, 0.2) is 36.5 Å². The zero-order valence-corrected chi connectivity index (χ0v) is 13.1. The predicted octanol–water partition coefficient (Wildman–Crippen LogP) is 3.14. The molecule has 0 radical (unpaired) electrons. The van der Waals surface area contributed by atoms with Crippen LogP contribution >= 0.6 is 0 Å². The van der Waals surface area contributed by atoms with Crippen molar-refractivity contribution in [1.82, 2.24) is 4.98 Å². The molecule has 0 aliphatic carbocycles. The Balaban J connectivity index is 2.18. The van der Waals surface area contributed by atoms with Gasteiger partial charge in [-0.1, -0.05) is 6.07 Å². The maximum Gasteiger partial charge on any atom is 0.222 e. The van der Waals surface area contributed by atoms with Crippen LogP contribution in [0.4, 0.5) is 5.69 Å². The second kappa shape index (κ2) is 6.59. The number of aryl methyl sites for hydroxylation is 1. The first-order chi connectivity index (χ1) is 9.95. The summed E-state index contributed by atoms with van der Waals surface area (Å²) in [5, 5.41) is 0. The van der Waals surface area contributed by atoms with Crippen LogP contribution in [0.1, 0.15) is 18.1 Å². The Morgan fingerprint density at radius 1 is 1.29 bits per heavy atom. The highest BCUT2D eigenvalue weighted by Crippen LogP contribution is 2.26. The van der Waals surface area contributed by atoms with Crippen molar-refractivity contribution in [1.29, 1.82) is 0 Å². The van der Waals surface area contributed by atoms with E-state index >= 15 is 0 Å². The summed E-state index contributed by atoms with van der Waals surface area (Å²) in [5.74, 6) is 1.43. The Hall–Kier alpha value is -2.07. The maximum absolute atomic E-state index is 5.89. The van der Waals surface area contributed by atoms with E-state index in [1.165, 1.54) is 0 Å². The lowest BCUT2D eigenvalue weighted by Crippen LogP contribution is -2.17. The van der Waals surface area contributed by atoms with Gasteiger partial charge in [-0.05, 0) is 44.0 Å². The van der Waals surface area contributed by atoms with Crippen LogP contribution in [-0.2, 0) is 6.42 Å². The number of nitrogens with zero attached hydrogens (tertiary/aromatic N) is 2. The summed E-state index contributed by atoms with van der Waals surface area (Å²) in [6, 6.07) is 10.2. The number of nitrogens with two attached hydrogens (primary N) is 1. The van der Waals surface area contributed by atoms with E-state index in [0.717, 1.165) is 29.0 Å². The van der Waals surface area contributed by atoms with Gasteiger partial charge in [-0.3, -0.25) is 0 Å². The Kier molecular flexibility index (Phi) is 4.81. The molecule has 0 bridgehead atoms. The summed E-state index contributed by atoms with van der Waals surface area (Å²) in [5.41, 5.74) is 9.07. The van der Waals surface area contributed by atoms with Crippen molar-refractivity contribution in [3.63, 3.8) is 0 Å². The SMILES string of the molecule is Cc1cc(CC(C)N)cnc1Oc1cccc(N(C)C)c1. The third kappa shape index (κ3) is 4.20. The molecule has 1 aromatic carbocycles. The lowest BCUT2D eigenvalue weighted by atomic mass is 10.1. The zero-order chi connectivity index (χ0) is 15.4. The van der Waals surface area contributed by atoms with Crippen LogP contribution in [0.3, 0.4) is 0 Å². The molecule has 0 aliphatic heterocycles. The van der Waals surface area contributed by atoms with Crippen LogP contribution < -0.4 is 15.4 Å². The maximum atomic E-state index is 5.89. The molecule has 21 heavy (non-hydrogen) atoms. The molecule has 1 aromatic heterocycles. The largest absolute Gasteiger partial charge is 0.439 e. The first-order valence-electron chi connectivity index (χ1n) is 7.12. The monoisotopic (exact) mass is 285 g/mol. The molecule has 2 N–H and O–H groups in total. The minimum Gasteiger partial charge on any atom is -0.439 e. The molecule has 1 heterocycles. The van der Waals surface area contributed by atoms with E-state index in [-0.39, 0.29) is 6.04 Å². The number of aromatic nitrogens is 1. The summed E-state index contributed by atoms with van der Waals surface area (Å²) in [6.45, 7) is 4.00. The molecule has 4 nitrogen and oxygen atoms in total. The topological polar surface area (TPSA) is 51.4 Å². The van der Waals surface area contributed by atoms with E-state index < -0.39 is 0 Å². The van der Waals surface area contributed by atoms with Gasteiger partial charge in [-0.15, -0.1) is 0 Å². The minimum atomic E-state index is 0.134. The van der Waals surface area contributed by atoms with Crippen molar-refractivity contribution < 1.29 is 4.74 Å². The number of benzene rings is 1. The standard InChI is InChI=1S/C17H23N3O/c1-12-8-14(9-13(2)18)11-19-17(12)21-16-7-5-6-15(10-16)20(3)4/h5-8,10-11,13H,9,18H2,1-4H3. The van der Waals surface area contributed by atoms with Gasteiger partial charge in [0, 0.05) is 43.7 Å². The van der Waals surface area contributed by atoms with Crippen LogP contribution in [0.2, 0.25) is 0 Å². The predicted molar refractivity (Wildman–Crippen MR) is 87.2 cm³/mol. The van der Waals surface area contributed by atoms with Gasteiger partial charge in [0.05, 0.1) is 0 Å². The fraction of sp³-hybridized carbons (Fsp3) is 0.353. The Morgan fingerprint density at radius 2 is 2.05 bits per heavy atom. The Labute approximate surface area is 126 Å². The molecular formula is C17H23N3O. The van der Waals surface area contributed by atoms with E-state index in [4.69, 9.17) is 10.5 Å². The minimum absolute atomic E-state index is 0.134. The van der Waals surface area contributed by atoms with Crippen molar-refractivity contribution in [2.75, 3.05) is 19.0 Å². The number of anilines is 1. The van der Waals surface area contributed by atoms with Gasteiger partial charge < -0.3 is 15.4 Å². The van der Waals surface area contributed by atoms with Crippen LogP contribution in [0.25, 0.3) is 0 Å². The van der Waals surface area contributed by atoms with Crippen LogP contribution in [-0.4, -0.2) is 25.1 Å². The normalized spacial score (nSPS) is 12.0. The molecular weight excluding hydrogens is 262 g/mol. The average Bonchev–Trinajstić information content (AvgIpc) is 2.41. The Morgan fingerprint density at radius 3 is 2.67 bits per heavy atom. The van der Waals surface area contributed by atoms with E-state index in [1.807, 2.05) is 63.3 Å². The lowest BCUT2D eigenvalue weighted by Gasteiger charge is -2.14. The fourth-order valence-electron chi connectivity index (χ4n) is 2.15. The number of ether oxygens (including phenoxy) is 1. The molecule has 0 aliphatic rings. The lowest BCUT2D eigenvalue weighted by molar-refractivity contribution is 0.458. The summed E-state index contributed by atoms with van der Waals surface area (Å²) in [6.07, 6.45) is 2.66. The second-order valence-corrected chi connectivity index (χ2v) is 5.64. The molecule has 0 saturated carbocycles. The van der Waals surface area contributed by atoms with Crippen molar-refractivity contribution in [2.24, 2.45) is 5.73 Å². The van der Waals surface area contributed by atoms with Crippen molar-refractivity contribution in [2.45, 2.75) is 26.3 Å². The molecule has 0 spiro atoms. The number of pyridine rings is 1. The molecule has 112 valence electrons. The molecule has 0 saturated heterocycles.